The smallest absolute Gasteiger partial charge is 0.246 e. The van der Waals surface area contributed by atoms with Crippen molar-refractivity contribution in [3.05, 3.63) is 48.4 Å². The lowest BCUT2D eigenvalue weighted by molar-refractivity contribution is -0.121. The van der Waals surface area contributed by atoms with Crippen LogP contribution < -0.4 is 23.8 Å². The van der Waals surface area contributed by atoms with Crippen LogP contribution in [0, 0.1) is 0 Å². The highest BCUT2D eigenvalue weighted by Gasteiger charge is 2.21. The summed E-state index contributed by atoms with van der Waals surface area (Å²) >= 11 is 0. The fourth-order valence-corrected chi connectivity index (χ4v) is 4.48. The molecule has 0 spiro atoms. The number of carbonyl (C=O) groups excluding carboxylic acids is 1. The van der Waals surface area contributed by atoms with E-state index in [1.54, 1.807) is 31.4 Å². The highest BCUT2D eigenvalue weighted by molar-refractivity contribution is 7.92. The minimum absolute atomic E-state index is 0.0632. The van der Waals surface area contributed by atoms with Gasteiger partial charge in [0.25, 0.3) is 0 Å². The molecule has 0 atom stereocenters. The summed E-state index contributed by atoms with van der Waals surface area (Å²) in [5.41, 5.74) is 1.18. The molecule has 4 rings (SSSR count). The molecule has 186 valence electrons. The van der Waals surface area contributed by atoms with Crippen LogP contribution in [0.2, 0.25) is 0 Å². The maximum absolute atomic E-state index is 12.4. The molecule has 11 nitrogen and oxygen atoms in total. The minimum Gasteiger partial charge on any atom is -0.497 e. The lowest BCUT2D eigenvalue weighted by Crippen LogP contribution is -2.32. The van der Waals surface area contributed by atoms with Crippen molar-refractivity contribution < 1.29 is 31.9 Å². The first-order valence-electron chi connectivity index (χ1n) is 10.9. The second-order valence-electron chi connectivity index (χ2n) is 7.79. The van der Waals surface area contributed by atoms with Crippen molar-refractivity contribution in [1.82, 2.24) is 15.5 Å². The maximum atomic E-state index is 12.4. The van der Waals surface area contributed by atoms with Crippen LogP contribution in [-0.4, -0.2) is 57.6 Å². The number of carbonyl (C=O) groups is 1. The highest BCUT2D eigenvalue weighted by Crippen LogP contribution is 2.34. The number of anilines is 1. The Hall–Kier alpha value is -3.80. The molecule has 0 unspecified atom stereocenters. The third kappa shape index (κ3) is 6.21. The van der Waals surface area contributed by atoms with E-state index >= 15 is 0 Å². The Morgan fingerprint density at radius 3 is 2.71 bits per heavy atom. The van der Waals surface area contributed by atoms with Crippen LogP contribution in [0.1, 0.15) is 18.7 Å². The molecule has 1 aromatic heterocycles. The van der Waals surface area contributed by atoms with E-state index < -0.39 is 10.0 Å². The van der Waals surface area contributed by atoms with Crippen LogP contribution >= 0.6 is 0 Å². The predicted molar refractivity (Wildman–Crippen MR) is 127 cm³/mol. The second-order valence-corrected chi connectivity index (χ2v) is 9.69. The molecule has 1 amide bonds. The predicted octanol–water partition coefficient (Wildman–Crippen LogP) is 2.38. The summed E-state index contributed by atoms with van der Waals surface area (Å²) in [5, 5.41) is 6.65. The molecule has 0 fully saturated rings. The molecule has 35 heavy (non-hydrogen) atoms. The van der Waals surface area contributed by atoms with Gasteiger partial charge in [-0.05, 0) is 30.7 Å². The van der Waals surface area contributed by atoms with Gasteiger partial charge in [-0.3, -0.25) is 9.10 Å². The summed E-state index contributed by atoms with van der Waals surface area (Å²) in [6.07, 6.45) is 1.55. The number of amides is 1. The normalized spacial score (nSPS) is 12.7. The number of aromatic nitrogens is 2. The molecule has 0 aliphatic carbocycles. The molecule has 1 aliphatic rings. The van der Waals surface area contributed by atoms with E-state index in [0.29, 0.717) is 48.4 Å². The number of sulfonamides is 1. The summed E-state index contributed by atoms with van der Waals surface area (Å²) in [4.78, 5) is 16.6. The summed E-state index contributed by atoms with van der Waals surface area (Å²) in [6, 6.07) is 12.2. The Morgan fingerprint density at radius 1 is 1.14 bits per heavy atom. The van der Waals surface area contributed by atoms with E-state index in [4.69, 9.17) is 18.7 Å². The third-order valence-electron chi connectivity index (χ3n) is 5.21. The van der Waals surface area contributed by atoms with Gasteiger partial charge in [-0.1, -0.05) is 17.3 Å². The van der Waals surface area contributed by atoms with E-state index in [-0.39, 0.29) is 31.3 Å². The summed E-state index contributed by atoms with van der Waals surface area (Å²) in [7, 11) is -1.99. The number of fused-ring (bicyclic) bond motifs is 1. The SMILES string of the molecule is COc1cccc(-c2noc(CNC(=O)CCCN(c3ccc4c(c3)OCCO4)S(C)(=O)=O)n2)c1. The molecule has 12 heteroatoms. The molecule has 0 saturated heterocycles. The summed E-state index contributed by atoms with van der Waals surface area (Å²) in [6.45, 7) is 1.04. The zero-order chi connectivity index (χ0) is 24.8. The topological polar surface area (TPSA) is 133 Å². The molecule has 1 N–H and O–H groups in total. The first-order valence-corrected chi connectivity index (χ1v) is 12.8. The van der Waals surface area contributed by atoms with Gasteiger partial charge in [0.15, 0.2) is 11.5 Å². The number of methoxy groups -OCH3 is 1. The van der Waals surface area contributed by atoms with Gasteiger partial charge in [-0.2, -0.15) is 4.98 Å². The molecule has 0 radical (unpaired) electrons. The number of hydrogen-bond donors (Lipinski definition) is 1. The number of nitrogens with zero attached hydrogens (tertiary/aromatic N) is 3. The summed E-state index contributed by atoms with van der Waals surface area (Å²) < 4.78 is 47.4. The molecule has 2 heterocycles. The van der Waals surface area contributed by atoms with Gasteiger partial charge in [0, 0.05) is 24.6 Å². The first kappa shape index (κ1) is 24.3. The Labute approximate surface area is 203 Å². The van der Waals surface area contributed by atoms with Crippen molar-refractivity contribution in [1.29, 1.82) is 0 Å². The Bertz CT molecular complexity index is 1290. The molecular formula is C23H26N4O7S. The van der Waals surface area contributed by atoms with Crippen molar-refractivity contribution in [2.24, 2.45) is 0 Å². The molecule has 3 aromatic rings. The average molecular weight is 503 g/mol. The van der Waals surface area contributed by atoms with Crippen molar-refractivity contribution in [3.63, 3.8) is 0 Å². The van der Waals surface area contributed by atoms with Crippen LogP contribution in [-0.2, 0) is 21.4 Å². The van der Waals surface area contributed by atoms with Crippen molar-refractivity contribution in [2.75, 3.05) is 37.4 Å². The fourth-order valence-electron chi connectivity index (χ4n) is 3.53. The van der Waals surface area contributed by atoms with Crippen LogP contribution in [0.4, 0.5) is 5.69 Å². The van der Waals surface area contributed by atoms with Crippen LogP contribution in [0.15, 0.2) is 47.0 Å². The van der Waals surface area contributed by atoms with E-state index in [2.05, 4.69) is 15.5 Å². The van der Waals surface area contributed by atoms with Gasteiger partial charge in [-0.15, -0.1) is 0 Å². The van der Waals surface area contributed by atoms with E-state index in [9.17, 15) is 13.2 Å². The van der Waals surface area contributed by atoms with Crippen molar-refractivity contribution >= 4 is 21.6 Å². The van der Waals surface area contributed by atoms with E-state index in [0.717, 1.165) is 11.8 Å². The largest absolute Gasteiger partial charge is 0.497 e. The zero-order valence-electron chi connectivity index (χ0n) is 19.4. The number of nitrogens with one attached hydrogen (secondary N) is 1. The Balaban J connectivity index is 1.30. The first-order chi connectivity index (χ1) is 16.8. The number of benzene rings is 2. The second kappa shape index (κ2) is 10.6. The Morgan fingerprint density at radius 2 is 1.94 bits per heavy atom. The number of ether oxygens (including phenoxy) is 3. The molecule has 0 saturated carbocycles. The lowest BCUT2D eigenvalue weighted by atomic mass is 10.2. The van der Waals surface area contributed by atoms with Gasteiger partial charge in [0.1, 0.15) is 19.0 Å². The van der Waals surface area contributed by atoms with E-state index in [1.165, 1.54) is 4.31 Å². The quantitative estimate of drug-likeness (QED) is 0.443. The minimum atomic E-state index is -3.56. The van der Waals surface area contributed by atoms with Gasteiger partial charge in [-0.25, -0.2) is 8.42 Å². The van der Waals surface area contributed by atoms with Crippen molar-refractivity contribution in [2.45, 2.75) is 19.4 Å². The number of rotatable bonds is 10. The average Bonchev–Trinajstić information content (AvgIpc) is 3.33. The van der Waals surface area contributed by atoms with Gasteiger partial charge in [0.2, 0.25) is 27.6 Å². The van der Waals surface area contributed by atoms with Gasteiger partial charge in [0.05, 0.1) is 25.6 Å². The highest BCUT2D eigenvalue weighted by atomic mass is 32.2. The number of hydrogen-bond acceptors (Lipinski definition) is 9. The molecule has 0 bridgehead atoms. The molecular weight excluding hydrogens is 476 g/mol. The Kier molecular flexibility index (Phi) is 7.39. The third-order valence-corrected chi connectivity index (χ3v) is 6.41. The maximum Gasteiger partial charge on any atom is 0.246 e. The van der Waals surface area contributed by atoms with Crippen LogP contribution in [0.3, 0.4) is 0 Å². The van der Waals surface area contributed by atoms with E-state index in [1.807, 2.05) is 18.2 Å². The fraction of sp³-hybridized carbons (Fsp3) is 0.348. The van der Waals surface area contributed by atoms with Crippen LogP contribution in [0.25, 0.3) is 11.4 Å². The lowest BCUT2D eigenvalue weighted by Gasteiger charge is -2.25. The zero-order valence-corrected chi connectivity index (χ0v) is 20.2. The van der Waals surface area contributed by atoms with Crippen molar-refractivity contribution in [3.8, 4) is 28.6 Å². The van der Waals surface area contributed by atoms with Gasteiger partial charge < -0.3 is 24.1 Å². The summed E-state index contributed by atoms with van der Waals surface area (Å²) in [5.74, 6) is 2.11. The van der Waals surface area contributed by atoms with Crippen LogP contribution in [0.5, 0.6) is 17.2 Å². The molecule has 1 aliphatic heterocycles. The molecule has 2 aromatic carbocycles. The standard InChI is InChI=1S/C23H26N4O7S/c1-31-18-6-3-5-16(13-18)23-25-22(34-26-23)15-24-21(28)7-4-10-27(35(2,29)30)17-8-9-19-20(14-17)33-12-11-32-19/h3,5-6,8-9,13-14H,4,7,10-12,15H2,1-2H3,(H,24,28). The monoisotopic (exact) mass is 502 g/mol. The van der Waals surface area contributed by atoms with Gasteiger partial charge >= 0.3 is 0 Å².